The number of Topliss-reactive ketones (excluding diaryl/α,β-unsaturated/α-hetero) is 1. The molecule has 6 heteroatoms. The number of aliphatic carboxylic acids is 1. The quantitative estimate of drug-likeness (QED) is 0.487. The van der Waals surface area contributed by atoms with E-state index in [0.29, 0.717) is 11.1 Å². The minimum atomic E-state index is -1.32. The van der Waals surface area contributed by atoms with Gasteiger partial charge in [0.1, 0.15) is 5.76 Å². The SMILES string of the molecule is Cc1ccc(C(O)=C2C(=O)C(=O)N(CCC(=O)[O-])[C@@H]2c2ccc(C)cc2)cc1. The van der Waals surface area contributed by atoms with Gasteiger partial charge in [-0.15, -0.1) is 0 Å². The zero-order chi connectivity index (χ0) is 20.4. The summed E-state index contributed by atoms with van der Waals surface area (Å²) in [6, 6.07) is 13.3. The maximum absolute atomic E-state index is 12.7. The number of hydrogen-bond donors (Lipinski definition) is 1. The minimum Gasteiger partial charge on any atom is -0.550 e. The van der Waals surface area contributed by atoms with Gasteiger partial charge in [0, 0.05) is 24.5 Å². The molecule has 0 aromatic heterocycles. The number of hydrogen-bond acceptors (Lipinski definition) is 5. The van der Waals surface area contributed by atoms with Crippen molar-refractivity contribution in [2.75, 3.05) is 6.54 Å². The molecule has 1 saturated heterocycles. The molecular weight excluding hydrogens is 358 g/mol. The highest BCUT2D eigenvalue weighted by Crippen LogP contribution is 2.39. The van der Waals surface area contributed by atoms with Crippen molar-refractivity contribution < 1.29 is 24.6 Å². The summed E-state index contributed by atoms with van der Waals surface area (Å²) in [6.45, 7) is 3.62. The molecule has 1 aliphatic rings. The van der Waals surface area contributed by atoms with Crippen LogP contribution in [0.25, 0.3) is 5.76 Å². The second-order valence-corrected chi connectivity index (χ2v) is 6.89. The van der Waals surface area contributed by atoms with E-state index >= 15 is 0 Å². The molecule has 144 valence electrons. The molecule has 28 heavy (non-hydrogen) atoms. The van der Waals surface area contributed by atoms with Gasteiger partial charge >= 0.3 is 0 Å². The highest BCUT2D eigenvalue weighted by atomic mass is 16.4. The van der Waals surface area contributed by atoms with Crippen LogP contribution in [0.5, 0.6) is 0 Å². The van der Waals surface area contributed by atoms with Crippen molar-refractivity contribution in [3.8, 4) is 0 Å². The molecule has 1 amide bonds. The van der Waals surface area contributed by atoms with Crippen molar-refractivity contribution in [3.63, 3.8) is 0 Å². The second kappa shape index (κ2) is 7.68. The van der Waals surface area contributed by atoms with Crippen LogP contribution in [0.1, 0.15) is 34.7 Å². The number of likely N-dealkylation sites (tertiary alicyclic amines) is 1. The third-order valence-corrected chi connectivity index (χ3v) is 4.81. The summed E-state index contributed by atoms with van der Waals surface area (Å²) in [5.74, 6) is -3.26. The Bertz CT molecular complexity index is 957. The number of carboxylic acids is 1. The summed E-state index contributed by atoms with van der Waals surface area (Å²) in [5, 5.41) is 21.7. The van der Waals surface area contributed by atoms with Crippen molar-refractivity contribution in [2.24, 2.45) is 0 Å². The fraction of sp³-hybridized carbons (Fsp3) is 0.227. The molecule has 0 spiro atoms. The topological polar surface area (TPSA) is 97.7 Å². The first-order chi connectivity index (χ1) is 13.3. The number of aryl methyl sites for hydroxylation is 2. The molecule has 2 aromatic rings. The fourth-order valence-corrected chi connectivity index (χ4v) is 3.28. The molecule has 0 saturated carbocycles. The predicted molar refractivity (Wildman–Crippen MR) is 101 cm³/mol. The van der Waals surface area contributed by atoms with Gasteiger partial charge in [-0.3, -0.25) is 9.59 Å². The Morgan fingerprint density at radius 2 is 1.54 bits per heavy atom. The van der Waals surface area contributed by atoms with Gasteiger partial charge < -0.3 is 19.9 Å². The Labute approximate surface area is 162 Å². The van der Waals surface area contributed by atoms with Gasteiger partial charge in [0.2, 0.25) is 0 Å². The lowest BCUT2D eigenvalue weighted by atomic mass is 9.94. The number of benzene rings is 2. The third kappa shape index (κ3) is 3.67. The number of carbonyl (C=O) groups is 3. The molecule has 1 N–H and O–H groups in total. The van der Waals surface area contributed by atoms with Crippen molar-refractivity contribution in [1.29, 1.82) is 0 Å². The minimum absolute atomic E-state index is 0.0453. The van der Waals surface area contributed by atoms with E-state index in [1.54, 1.807) is 36.4 Å². The summed E-state index contributed by atoms with van der Waals surface area (Å²) in [4.78, 5) is 37.4. The van der Waals surface area contributed by atoms with Crippen molar-refractivity contribution in [2.45, 2.75) is 26.3 Å². The highest BCUT2D eigenvalue weighted by molar-refractivity contribution is 6.46. The van der Waals surface area contributed by atoms with E-state index in [9.17, 15) is 24.6 Å². The van der Waals surface area contributed by atoms with Gasteiger partial charge in [0.15, 0.2) is 0 Å². The van der Waals surface area contributed by atoms with Crippen LogP contribution in [0, 0.1) is 13.8 Å². The van der Waals surface area contributed by atoms with Crippen LogP contribution in [0.15, 0.2) is 54.1 Å². The zero-order valence-electron chi connectivity index (χ0n) is 15.6. The molecule has 1 fully saturated rings. The Kier molecular flexibility index (Phi) is 5.31. The number of aliphatic hydroxyl groups is 1. The maximum Gasteiger partial charge on any atom is 0.295 e. The number of rotatable bonds is 5. The zero-order valence-corrected chi connectivity index (χ0v) is 15.6. The largest absolute Gasteiger partial charge is 0.550 e. The molecule has 0 unspecified atom stereocenters. The van der Waals surface area contributed by atoms with Crippen LogP contribution in [0.3, 0.4) is 0 Å². The first kappa shape index (κ1) is 19.4. The molecule has 0 aliphatic carbocycles. The molecule has 0 bridgehead atoms. The molecule has 6 nitrogen and oxygen atoms in total. The fourth-order valence-electron chi connectivity index (χ4n) is 3.28. The van der Waals surface area contributed by atoms with Crippen LogP contribution >= 0.6 is 0 Å². The van der Waals surface area contributed by atoms with E-state index in [4.69, 9.17) is 0 Å². The van der Waals surface area contributed by atoms with Gasteiger partial charge in [-0.05, 0) is 19.4 Å². The summed E-state index contributed by atoms with van der Waals surface area (Å²) in [5.41, 5.74) is 2.98. The van der Waals surface area contributed by atoms with E-state index in [0.717, 1.165) is 11.1 Å². The lowest BCUT2D eigenvalue weighted by molar-refractivity contribution is -0.305. The first-order valence-electron chi connectivity index (χ1n) is 8.91. The number of carbonyl (C=O) groups excluding carboxylic acids is 3. The lowest BCUT2D eigenvalue weighted by Crippen LogP contribution is -2.34. The van der Waals surface area contributed by atoms with E-state index in [1.165, 1.54) is 4.90 Å². The van der Waals surface area contributed by atoms with Crippen molar-refractivity contribution in [3.05, 3.63) is 76.4 Å². The average molecular weight is 378 g/mol. The van der Waals surface area contributed by atoms with Gasteiger partial charge in [-0.2, -0.15) is 0 Å². The van der Waals surface area contributed by atoms with Gasteiger partial charge in [-0.25, -0.2) is 0 Å². The number of carboxylic acid groups (broad SMARTS) is 1. The normalized spacial score (nSPS) is 18.5. The summed E-state index contributed by atoms with van der Waals surface area (Å²) in [7, 11) is 0. The molecule has 1 heterocycles. The van der Waals surface area contributed by atoms with Gasteiger partial charge in [0.25, 0.3) is 11.7 Å². The Morgan fingerprint density at radius 1 is 1.00 bits per heavy atom. The standard InChI is InChI=1S/C22H21NO5/c1-13-3-7-15(8-4-13)19-18(20(26)16-9-5-14(2)6-10-16)21(27)22(28)23(19)12-11-17(24)25/h3-10,19,26H,11-12H2,1-2H3,(H,24,25)/p-1/t19-/m1/s1. The number of aliphatic hydroxyl groups excluding tert-OH is 1. The van der Waals surface area contributed by atoms with Crippen LogP contribution in [-0.4, -0.2) is 34.2 Å². The number of ketones is 1. The Balaban J connectivity index is 2.14. The molecule has 1 aliphatic heterocycles. The summed E-state index contributed by atoms with van der Waals surface area (Å²) < 4.78 is 0. The lowest BCUT2D eigenvalue weighted by Gasteiger charge is -2.25. The molecule has 3 rings (SSSR count). The summed E-state index contributed by atoms with van der Waals surface area (Å²) >= 11 is 0. The molecular formula is C22H20NO5-. The van der Waals surface area contributed by atoms with Crippen LogP contribution in [-0.2, 0) is 14.4 Å². The predicted octanol–water partition coefficient (Wildman–Crippen LogP) is 1.87. The molecule has 1 atom stereocenters. The van der Waals surface area contributed by atoms with Crippen LogP contribution < -0.4 is 5.11 Å². The number of nitrogens with zero attached hydrogens (tertiary/aromatic N) is 1. The number of amides is 1. The second-order valence-electron chi connectivity index (χ2n) is 6.89. The molecule has 0 radical (unpaired) electrons. The van der Waals surface area contributed by atoms with Crippen LogP contribution in [0.2, 0.25) is 0 Å². The highest BCUT2D eigenvalue weighted by Gasteiger charge is 2.45. The van der Waals surface area contributed by atoms with Crippen molar-refractivity contribution in [1.82, 2.24) is 4.90 Å². The van der Waals surface area contributed by atoms with Crippen LogP contribution in [0.4, 0.5) is 0 Å². The third-order valence-electron chi connectivity index (χ3n) is 4.81. The Morgan fingerprint density at radius 3 is 2.07 bits per heavy atom. The Hall–Kier alpha value is -3.41. The molecule has 2 aromatic carbocycles. The van der Waals surface area contributed by atoms with E-state index in [2.05, 4.69) is 0 Å². The average Bonchev–Trinajstić information content (AvgIpc) is 2.91. The van der Waals surface area contributed by atoms with E-state index in [1.807, 2.05) is 26.0 Å². The smallest absolute Gasteiger partial charge is 0.295 e. The van der Waals surface area contributed by atoms with Crippen molar-refractivity contribution >= 4 is 23.4 Å². The first-order valence-corrected chi connectivity index (χ1v) is 8.91. The summed E-state index contributed by atoms with van der Waals surface area (Å²) in [6.07, 6.45) is -0.403. The van der Waals surface area contributed by atoms with E-state index in [-0.39, 0.29) is 17.9 Å². The maximum atomic E-state index is 12.7. The van der Waals surface area contributed by atoms with Gasteiger partial charge in [-0.1, -0.05) is 59.7 Å². The van der Waals surface area contributed by atoms with E-state index < -0.39 is 30.1 Å². The monoisotopic (exact) mass is 378 g/mol. The van der Waals surface area contributed by atoms with Gasteiger partial charge in [0.05, 0.1) is 11.6 Å².